The van der Waals surface area contributed by atoms with Crippen LogP contribution in [0.15, 0.2) is 22.7 Å². The highest BCUT2D eigenvalue weighted by Gasteiger charge is 2.49. The molecule has 0 spiro atoms. The molecule has 1 aromatic rings. The van der Waals surface area contributed by atoms with Gasteiger partial charge in [0.05, 0.1) is 0 Å². The van der Waals surface area contributed by atoms with Crippen LogP contribution in [-0.2, 0) is 4.79 Å². The van der Waals surface area contributed by atoms with Gasteiger partial charge in [-0.1, -0.05) is 25.6 Å². The SMILES string of the molecule is CC1=C(C(N)=O)N(C2CCC2(C)C)C(Nc2cc(F)nc(F)c2)S1. The van der Waals surface area contributed by atoms with Crippen molar-refractivity contribution in [3.8, 4) is 0 Å². The maximum absolute atomic E-state index is 13.3. The van der Waals surface area contributed by atoms with Gasteiger partial charge in [0.25, 0.3) is 5.91 Å². The largest absolute Gasteiger partial charge is 0.364 e. The van der Waals surface area contributed by atoms with E-state index < -0.39 is 17.8 Å². The Morgan fingerprint density at radius 2 is 2.04 bits per heavy atom. The first-order valence-corrected chi connectivity index (χ1v) is 8.62. The molecule has 0 radical (unpaired) electrons. The normalized spacial score (nSPS) is 25.6. The van der Waals surface area contributed by atoms with E-state index in [0.29, 0.717) is 5.70 Å². The number of anilines is 1. The number of hydrogen-bond donors (Lipinski definition) is 2. The lowest BCUT2D eigenvalue weighted by atomic mass is 9.66. The second kappa shape index (κ2) is 5.91. The summed E-state index contributed by atoms with van der Waals surface area (Å²) in [6.45, 7) is 6.11. The summed E-state index contributed by atoms with van der Waals surface area (Å²) in [5.41, 5.74) is 6.02. The number of primary amides is 1. The highest BCUT2D eigenvalue weighted by atomic mass is 32.2. The molecule has 0 bridgehead atoms. The number of carbonyl (C=O) groups is 1. The summed E-state index contributed by atoms with van der Waals surface area (Å²) in [4.78, 5) is 17.8. The lowest BCUT2D eigenvalue weighted by molar-refractivity contribution is -0.117. The molecule has 2 atom stereocenters. The van der Waals surface area contributed by atoms with Gasteiger partial charge in [-0.05, 0) is 25.2 Å². The molecule has 8 heteroatoms. The number of amides is 1. The van der Waals surface area contributed by atoms with E-state index in [4.69, 9.17) is 5.73 Å². The minimum atomic E-state index is -0.893. The van der Waals surface area contributed by atoms with Crippen molar-refractivity contribution in [3.05, 3.63) is 34.6 Å². The maximum Gasteiger partial charge on any atom is 0.265 e. The Morgan fingerprint density at radius 1 is 1.42 bits per heavy atom. The van der Waals surface area contributed by atoms with Crippen molar-refractivity contribution in [1.82, 2.24) is 9.88 Å². The third-order valence-electron chi connectivity index (χ3n) is 4.72. The van der Waals surface area contributed by atoms with Crippen LogP contribution in [0.3, 0.4) is 0 Å². The van der Waals surface area contributed by atoms with Gasteiger partial charge in [0.2, 0.25) is 11.9 Å². The van der Waals surface area contributed by atoms with Gasteiger partial charge in [-0.3, -0.25) is 4.79 Å². The molecule has 5 nitrogen and oxygen atoms in total. The van der Waals surface area contributed by atoms with Crippen molar-refractivity contribution < 1.29 is 13.6 Å². The molecular formula is C16H20F2N4OS. The molecule has 1 fully saturated rings. The number of nitrogens with one attached hydrogen (secondary N) is 1. The van der Waals surface area contributed by atoms with Gasteiger partial charge < -0.3 is 16.0 Å². The number of nitrogens with zero attached hydrogens (tertiary/aromatic N) is 2. The summed E-state index contributed by atoms with van der Waals surface area (Å²) in [7, 11) is 0. The van der Waals surface area contributed by atoms with Gasteiger partial charge >= 0.3 is 0 Å². The number of nitrogens with two attached hydrogens (primary N) is 1. The quantitative estimate of drug-likeness (QED) is 0.814. The van der Waals surface area contributed by atoms with Crippen LogP contribution in [0.1, 0.15) is 33.6 Å². The first-order valence-electron chi connectivity index (χ1n) is 7.74. The third kappa shape index (κ3) is 2.94. The van der Waals surface area contributed by atoms with Crippen molar-refractivity contribution in [2.75, 3.05) is 5.32 Å². The van der Waals surface area contributed by atoms with E-state index in [1.54, 1.807) is 0 Å². The van der Waals surface area contributed by atoms with Crippen molar-refractivity contribution in [3.63, 3.8) is 0 Å². The molecule has 2 heterocycles. The van der Waals surface area contributed by atoms with Crippen LogP contribution in [0.5, 0.6) is 0 Å². The highest BCUT2D eigenvalue weighted by Crippen LogP contribution is 2.50. The van der Waals surface area contributed by atoms with Crippen molar-refractivity contribution in [2.24, 2.45) is 11.1 Å². The number of thioether (sulfide) groups is 1. The molecular weight excluding hydrogens is 334 g/mol. The van der Waals surface area contributed by atoms with E-state index in [-0.39, 0.29) is 22.6 Å². The fourth-order valence-electron chi connectivity index (χ4n) is 3.36. The lowest BCUT2D eigenvalue weighted by Gasteiger charge is -2.52. The zero-order chi connectivity index (χ0) is 17.6. The summed E-state index contributed by atoms with van der Waals surface area (Å²) in [5.74, 6) is -2.27. The standard InChI is InChI=1S/C16H20F2N4OS/c1-8-13(14(19)23)22(10-4-5-16(10,2)3)15(24-8)20-9-6-11(17)21-12(18)7-9/h6-7,10,15H,4-5H2,1-3H3,(H2,19,23)(H,20,21). The van der Waals surface area contributed by atoms with Crippen molar-refractivity contribution >= 4 is 23.4 Å². The van der Waals surface area contributed by atoms with Crippen LogP contribution in [0.2, 0.25) is 0 Å². The van der Waals surface area contributed by atoms with Crippen molar-refractivity contribution in [1.29, 1.82) is 0 Å². The Hall–Kier alpha value is -1.83. The van der Waals surface area contributed by atoms with E-state index in [1.807, 2.05) is 11.8 Å². The molecule has 3 rings (SSSR count). The second-order valence-corrected chi connectivity index (χ2v) is 8.13. The number of carbonyl (C=O) groups excluding carboxylic acids is 1. The highest BCUT2D eigenvalue weighted by molar-refractivity contribution is 8.04. The van der Waals surface area contributed by atoms with E-state index in [2.05, 4.69) is 24.1 Å². The van der Waals surface area contributed by atoms with E-state index in [9.17, 15) is 13.6 Å². The fourth-order valence-corrected chi connectivity index (χ4v) is 4.57. The number of allylic oxidation sites excluding steroid dienone is 1. The maximum atomic E-state index is 13.3. The lowest BCUT2D eigenvalue weighted by Crippen LogP contribution is -2.56. The topological polar surface area (TPSA) is 71.2 Å². The summed E-state index contributed by atoms with van der Waals surface area (Å²) < 4.78 is 26.7. The Balaban J connectivity index is 1.91. The molecule has 0 aromatic carbocycles. The molecule has 1 amide bonds. The Labute approximate surface area is 143 Å². The zero-order valence-corrected chi connectivity index (χ0v) is 14.6. The minimum absolute atomic E-state index is 0.0422. The average Bonchev–Trinajstić information content (AvgIpc) is 2.73. The first kappa shape index (κ1) is 17.0. The Kier molecular flexibility index (Phi) is 4.19. The van der Waals surface area contributed by atoms with E-state index >= 15 is 0 Å². The predicted molar refractivity (Wildman–Crippen MR) is 89.7 cm³/mol. The molecule has 1 aromatic heterocycles. The zero-order valence-electron chi connectivity index (χ0n) is 13.8. The monoisotopic (exact) mass is 354 g/mol. The minimum Gasteiger partial charge on any atom is -0.364 e. The number of pyridine rings is 1. The van der Waals surface area contributed by atoms with Crippen LogP contribution in [-0.4, -0.2) is 27.3 Å². The molecule has 3 N–H and O–H groups in total. The number of hydrogen-bond acceptors (Lipinski definition) is 5. The van der Waals surface area contributed by atoms with E-state index in [0.717, 1.165) is 29.9 Å². The fraction of sp³-hybridized carbons (Fsp3) is 0.500. The molecule has 2 unspecified atom stereocenters. The molecule has 1 aliphatic carbocycles. The summed E-state index contributed by atoms with van der Waals surface area (Å²) in [5, 5.41) is 3.09. The molecule has 0 saturated heterocycles. The molecule has 1 saturated carbocycles. The summed E-state index contributed by atoms with van der Waals surface area (Å²) in [6, 6.07) is 2.40. The second-order valence-electron chi connectivity index (χ2n) is 6.84. The third-order valence-corrected chi connectivity index (χ3v) is 5.83. The van der Waals surface area contributed by atoms with Gasteiger partial charge in [0, 0.05) is 28.8 Å². The van der Waals surface area contributed by atoms with Crippen LogP contribution in [0, 0.1) is 17.3 Å². The average molecular weight is 354 g/mol. The number of rotatable bonds is 4. The molecule has 130 valence electrons. The molecule has 1 aliphatic heterocycles. The van der Waals surface area contributed by atoms with Crippen LogP contribution in [0.25, 0.3) is 0 Å². The van der Waals surface area contributed by atoms with Crippen LogP contribution in [0.4, 0.5) is 14.5 Å². The first-order chi connectivity index (χ1) is 11.2. The number of aromatic nitrogens is 1. The molecule has 24 heavy (non-hydrogen) atoms. The van der Waals surface area contributed by atoms with Gasteiger partial charge in [0.1, 0.15) is 5.70 Å². The van der Waals surface area contributed by atoms with Crippen LogP contribution < -0.4 is 11.1 Å². The van der Waals surface area contributed by atoms with Gasteiger partial charge in [-0.2, -0.15) is 13.8 Å². The molecule has 2 aliphatic rings. The Morgan fingerprint density at radius 3 is 2.50 bits per heavy atom. The van der Waals surface area contributed by atoms with Crippen molar-refractivity contribution in [2.45, 2.75) is 45.2 Å². The van der Waals surface area contributed by atoms with Crippen LogP contribution >= 0.6 is 11.8 Å². The van der Waals surface area contributed by atoms with Gasteiger partial charge in [-0.15, -0.1) is 0 Å². The van der Waals surface area contributed by atoms with Gasteiger partial charge in [0.15, 0.2) is 5.50 Å². The smallest absolute Gasteiger partial charge is 0.265 e. The summed E-state index contributed by atoms with van der Waals surface area (Å²) >= 11 is 1.42. The summed E-state index contributed by atoms with van der Waals surface area (Å²) in [6.07, 6.45) is 1.99. The van der Waals surface area contributed by atoms with Gasteiger partial charge in [-0.25, -0.2) is 0 Å². The number of halogens is 2. The Bertz CT molecular complexity index is 702. The predicted octanol–water partition coefficient (Wildman–Crippen LogP) is 3.01. The van der Waals surface area contributed by atoms with E-state index in [1.165, 1.54) is 11.8 Å².